The summed E-state index contributed by atoms with van der Waals surface area (Å²) in [7, 11) is 2.17. The average Bonchev–Trinajstić information content (AvgIpc) is 3.20. The molecule has 1 aromatic heterocycles. The molecule has 2 N–H and O–H groups in total. The predicted molar refractivity (Wildman–Crippen MR) is 205 cm³/mol. The van der Waals surface area contributed by atoms with Gasteiger partial charge in [-0.15, -0.1) is 0 Å². The van der Waals surface area contributed by atoms with Gasteiger partial charge in [0.05, 0.1) is 24.4 Å². The lowest BCUT2D eigenvalue weighted by molar-refractivity contribution is -0.276. The molecule has 1 amide bonds. The van der Waals surface area contributed by atoms with E-state index >= 15 is 0 Å². The number of amides is 1. The summed E-state index contributed by atoms with van der Waals surface area (Å²) in [6.45, 7) is 5.59. The fourth-order valence-corrected chi connectivity index (χ4v) is 6.97. The zero-order valence-corrected chi connectivity index (χ0v) is 29.9. The third-order valence-corrected chi connectivity index (χ3v) is 10.3. The van der Waals surface area contributed by atoms with Crippen molar-refractivity contribution < 1.29 is 19.4 Å². The Kier molecular flexibility index (Phi) is 10.8. The molecule has 0 spiro atoms. The highest BCUT2D eigenvalue weighted by Gasteiger charge is 2.39. The van der Waals surface area contributed by atoms with Crippen LogP contribution in [0.3, 0.4) is 0 Å². The molecule has 5 atom stereocenters. The summed E-state index contributed by atoms with van der Waals surface area (Å²) in [5.41, 5.74) is 7.81. The summed E-state index contributed by atoms with van der Waals surface area (Å²) in [5.74, 6) is -0.0805. The number of aromatic nitrogens is 1. The van der Waals surface area contributed by atoms with Crippen LogP contribution in [0.1, 0.15) is 70.5 Å². The molecule has 52 heavy (non-hydrogen) atoms. The minimum Gasteiger partial charge on any atom is -0.392 e. The number of nitrogens with one attached hydrogen (secondary N) is 1. The Morgan fingerprint density at radius 3 is 2.33 bits per heavy atom. The van der Waals surface area contributed by atoms with Crippen molar-refractivity contribution in [2.45, 2.75) is 51.5 Å². The van der Waals surface area contributed by atoms with Crippen LogP contribution in [0.4, 0.5) is 0 Å². The molecule has 0 aliphatic carbocycles. The number of hydrogen-bond donors (Lipinski definition) is 2. The Balaban J connectivity index is 1.09. The predicted octanol–water partition coefficient (Wildman–Crippen LogP) is 8.81. The number of aliphatic hydroxyl groups is 1. The minimum absolute atomic E-state index is 0.00245. The number of fused-ring (bicyclic) bond motifs is 1. The molecule has 6 aromatic rings. The quantitative estimate of drug-likeness (QED) is 0.141. The van der Waals surface area contributed by atoms with E-state index in [0.29, 0.717) is 12.1 Å². The molecule has 0 radical (unpaired) electrons. The molecule has 7 heteroatoms. The number of rotatable bonds is 11. The lowest BCUT2D eigenvalue weighted by Crippen LogP contribution is -2.44. The van der Waals surface area contributed by atoms with Gasteiger partial charge in [0.1, 0.15) is 0 Å². The molecule has 0 unspecified atom stereocenters. The maximum atomic E-state index is 12.6. The third kappa shape index (κ3) is 7.98. The number of aliphatic hydroxyl groups excluding tert-OH is 1. The summed E-state index contributed by atoms with van der Waals surface area (Å²) in [6.07, 6.45) is 2.36. The van der Waals surface area contributed by atoms with Crippen LogP contribution < -0.4 is 5.32 Å². The summed E-state index contributed by atoms with van der Waals surface area (Å²) >= 11 is 0. The van der Waals surface area contributed by atoms with Gasteiger partial charge < -0.3 is 19.9 Å². The third-order valence-electron chi connectivity index (χ3n) is 10.3. The van der Waals surface area contributed by atoms with Crippen LogP contribution in [0.5, 0.6) is 0 Å². The van der Waals surface area contributed by atoms with Crippen LogP contribution in [0.15, 0.2) is 140 Å². The van der Waals surface area contributed by atoms with Gasteiger partial charge in [0.2, 0.25) is 0 Å². The van der Waals surface area contributed by atoms with Gasteiger partial charge in [-0.25, -0.2) is 0 Å². The Hall–Kier alpha value is -5.18. The van der Waals surface area contributed by atoms with E-state index in [4.69, 9.17) is 9.47 Å². The normalized spacial score (nSPS) is 19.4. The number of benzene rings is 5. The van der Waals surface area contributed by atoms with Gasteiger partial charge in [0.25, 0.3) is 5.91 Å². The number of carbonyl (C=O) groups excluding carboxylic acids is 1. The standard InChI is InChI=1S/C45H45N3O4/c1-30-42(28-48(3)31(2)38-22-19-34-9-4-5-10-40(34)25-38)51-45(52-43(30)36-15-13-32(29-49)14-16-36)37-20-17-35(18-21-37)39-11-6-8-33(24-39)26-47-44(50)41-12-7-23-46-27-41/h4-25,27,30-31,42-43,45,49H,26,28-29H2,1-3H3,(H,47,50)/t30-,31+,42+,43+,45+/m0/s1. The van der Waals surface area contributed by atoms with Crippen LogP contribution in [-0.4, -0.2) is 40.6 Å². The first-order chi connectivity index (χ1) is 25.4. The van der Waals surface area contributed by atoms with Crippen LogP contribution >= 0.6 is 0 Å². The highest BCUT2D eigenvalue weighted by molar-refractivity contribution is 5.93. The first-order valence-corrected chi connectivity index (χ1v) is 17.9. The number of nitrogens with zero attached hydrogens (tertiary/aromatic N) is 2. The van der Waals surface area contributed by atoms with E-state index in [9.17, 15) is 9.90 Å². The molecule has 0 saturated carbocycles. The summed E-state index contributed by atoms with van der Waals surface area (Å²) in [6, 6.07) is 43.5. The van der Waals surface area contributed by atoms with Gasteiger partial charge in [-0.3, -0.25) is 14.7 Å². The second-order valence-electron chi connectivity index (χ2n) is 13.8. The van der Waals surface area contributed by atoms with Crippen LogP contribution in [0.2, 0.25) is 0 Å². The van der Waals surface area contributed by atoms with Crippen LogP contribution in [0, 0.1) is 5.92 Å². The monoisotopic (exact) mass is 691 g/mol. The van der Waals surface area contributed by atoms with Crippen molar-refractivity contribution >= 4 is 16.7 Å². The molecule has 5 aromatic carbocycles. The molecular weight excluding hydrogens is 647 g/mol. The lowest BCUT2D eigenvalue weighted by atomic mass is 9.89. The first kappa shape index (κ1) is 35.2. The van der Waals surface area contributed by atoms with Gasteiger partial charge in [0, 0.05) is 43.0 Å². The summed E-state index contributed by atoms with van der Waals surface area (Å²) in [5, 5.41) is 15.1. The molecule has 0 bridgehead atoms. The number of ether oxygens (including phenoxy) is 2. The van der Waals surface area contributed by atoms with Crippen molar-refractivity contribution in [3.63, 3.8) is 0 Å². The fraction of sp³-hybridized carbons (Fsp3) is 0.244. The topological polar surface area (TPSA) is 83.9 Å². The second kappa shape index (κ2) is 16.0. The Morgan fingerprint density at radius 1 is 0.808 bits per heavy atom. The highest BCUT2D eigenvalue weighted by Crippen LogP contribution is 2.42. The highest BCUT2D eigenvalue weighted by atomic mass is 16.7. The summed E-state index contributed by atoms with van der Waals surface area (Å²) in [4.78, 5) is 19.0. The van der Waals surface area contributed by atoms with E-state index in [1.807, 2.05) is 24.3 Å². The summed E-state index contributed by atoms with van der Waals surface area (Å²) < 4.78 is 13.6. The number of likely N-dealkylation sites (N-methyl/N-ethyl adjacent to an activating group) is 1. The Bertz CT molecular complexity index is 2100. The first-order valence-electron chi connectivity index (χ1n) is 17.9. The van der Waals surface area contributed by atoms with E-state index in [-0.39, 0.29) is 36.7 Å². The Morgan fingerprint density at radius 2 is 1.58 bits per heavy atom. The fourth-order valence-electron chi connectivity index (χ4n) is 6.97. The van der Waals surface area contributed by atoms with E-state index in [1.165, 1.54) is 16.3 Å². The largest absolute Gasteiger partial charge is 0.392 e. The van der Waals surface area contributed by atoms with Crippen LogP contribution in [-0.2, 0) is 22.6 Å². The van der Waals surface area contributed by atoms with Crippen molar-refractivity contribution in [3.05, 3.63) is 173 Å². The molecule has 1 aliphatic heterocycles. The molecule has 264 valence electrons. The molecule has 1 fully saturated rings. The van der Waals surface area contributed by atoms with Crippen molar-refractivity contribution in [1.29, 1.82) is 0 Å². The molecule has 1 aliphatic rings. The zero-order chi connectivity index (χ0) is 36.0. The molecule has 7 nitrogen and oxygen atoms in total. The number of carbonyl (C=O) groups is 1. The van der Waals surface area contributed by atoms with Crippen LogP contribution in [0.25, 0.3) is 21.9 Å². The van der Waals surface area contributed by atoms with Gasteiger partial charge in [-0.2, -0.15) is 0 Å². The zero-order valence-electron chi connectivity index (χ0n) is 29.9. The Labute approximate surface area is 305 Å². The molecule has 7 rings (SSSR count). The SMILES string of the molecule is C[C@H]1[C@@H](CN(C)[C@H](C)c2ccc3ccccc3c2)O[C@@H](c2ccc(-c3cccc(CNC(=O)c4cccnc4)c3)cc2)O[C@H]1c1ccc(CO)cc1. The number of pyridine rings is 1. The average molecular weight is 692 g/mol. The van der Waals surface area contributed by atoms with E-state index < -0.39 is 6.29 Å². The van der Waals surface area contributed by atoms with Gasteiger partial charge in [-0.1, -0.05) is 110 Å². The lowest BCUT2D eigenvalue weighted by Gasteiger charge is -2.43. The van der Waals surface area contributed by atoms with Gasteiger partial charge in [0.15, 0.2) is 6.29 Å². The molecule has 2 heterocycles. The van der Waals surface area contributed by atoms with Crippen molar-refractivity contribution in [3.8, 4) is 11.1 Å². The van der Waals surface area contributed by atoms with Crippen molar-refractivity contribution in [2.75, 3.05) is 13.6 Å². The molecule has 1 saturated heterocycles. The maximum Gasteiger partial charge on any atom is 0.253 e. The number of hydrogen-bond acceptors (Lipinski definition) is 6. The van der Waals surface area contributed by atoms with Gasteiger partial charge >= 0.3 is 0 Å². The second-order valence-corrected chi connectivity index (χ2v) is 13.8. The smallest absolute Gasteiger partial charge is 0.253 e. The maximum absolute atomic E-state index is 12.6. The van der Waals surface area contributed by atoms with E-state index in [1.54, 1.807) is 24.5 Å². The van der Waals surface area contributed by atoms with E-state index in [2.05, 4.69) is 127 Å². The van der Waals surface area contributed by atoms with Crippen molar-refractivity contribution in [2.24, 2.45) is 5.92 Å². The molecular formula is C45H45N3O4. The van der Waals surface area contributed by atoms with Gasteiger partial charge in [-0.05, 0) is 82.4 Å². The van der Waals surface area contributed by atoms with E-state index in [0.717, 1.165) is 39.9 Å². The minimum atomic E-state index is -0.559. The van der Waals surface area contributed by atoms with Crippen molar-refractivity contribution in [1.82, 2.24) is 15.2 Å².